The summed E-state index contributed by atoms with van der Waals surface area (Å²) < 4.78 is 11.5. The van der Waals surface area contributed by atoms with Gasteiger partial charge in [-0.15, -0.1) is 0 Å². The van der Waals surface area contributed by atoms with Crippen LogP contribution in [0.4, 0.5) is 0 Å². The average Bonchev–Trinajstić information content (AvgIpc) is 2.62. The molecule has 134 valence electrons. The maximum atomic E-state index is 12.8. The molecule has 0 aliphatic heterocycles. The van der Waals surface area contributed by atoms with Crippen LogP contribution in [0.25, 0.3) is 0 Å². The van der Waals surface area contributed by atoms with Crippen molar-refractivity contribution >= 4 is 28.5 Å². The summed E-state index contributed by atoms with van der Waals surface area (Å²) in [5.41, 5.74) is 1.66. The van der Waals surface area contributed by atoms with Crippen LogP contribution < -0.4 is 9.47 Å². The van der Waals surface area contributed by atoms with E-state index in [1.54, 1.807) is 20.3 Å². The Bertz CT molecular complexity index is 735. The molecule has 6 heteroatoms. The molecule has 1 amide bonds. The molecule has 0 aromatic heterocycles. The molecular formula is C19H22INO4. The van der Waals surface area contributed by atoms with Crippen LogP contribution in [0, 0.1) is 3.57 Å². The van der Waals surface area contributed by atoms with Crippen molar-refractivity contribution in [1.29, 1.82) is 0 Å². The SMILES string of the molecule is COc1ccc(C[C@H](C)N(OC)C(=O)c2ccccc2I)cc1OC. The molecule has 0 saturated carbocycles. The van der Waals surface area contributed by atoms with Crippen molar-refractivity contribution in [2.75, 3.05) is 21.3 Å². The third-order valence-corrected chi connectivity index (χ3v) is 4.82. The highest BCUT2D eigenvalue weighted by Gasteiger charge is 2.24. The number of hydrogen-bond acceptors (Lipinski definition) is 4. The van der Waals surface area contributed by atoms with Gasteiger partial charge in [-0.2, -0.15) is 0 Å². The van der Waals surface area contributed by atoms with Gasteiger partial charge in [-0.1, -0.05) is 18.2 Å². The molecule has 2 aromatic carbocycles. The highest BCUT2D eigenvalue weighted by Crippen LogP contribution is 2.28. The van der Waals surface area contributed by atoms with E-state index in [2.05, 4.69) is 22.6 Å². The predicted molar refractivity (Wildman–Crippen MR) is 105 cm³/mol. The van der Waals surface area contributed by atoms with Crippen molar-refractivity contribution in [3.63, 3.8) is 0 Å². The fraction of sp³-hybridized carbons (Fsp3) is 0.316. The minimum Gasteiger partial charge on any atom is -0.493 e. The number of halogens is 1. The van der Waals surface area contributed by atoms with Crippen LogP contribution in [0.15, 0.2) is 42.5 Å². The Labute approximate surface area is 162 Å². The molecule has 2 rings (SSSR count). The maximum Gasteiger partial charge on any atom is 0.278 e. The largest absolute Gasteiger partial charge is 0.493 e. The number of methoxy groups -OCH3 is 2. The summed E-state index contributed by atoms with van der Waals surface area (Å²) in [4.78, 5) is 18.2. The van der Waals surface area contributed by atoms with E-state index in [4.69, 9.17) is 14.3 Å². The van der Waals surface area contributed by atoms with E-state index in [9.17, 15) is 4.79 Å². The number of ether oxygens (including phenoxy) is 2. The molecule has 5 nitrogen and oxygen atoms in total. The minimum absolute atomic E-state index is 0.147. The van der Waals surface area contributed by atoms with Crippen LogP contribution in [0.1, 0.15) is 22.8 Å². The third-order valence-electron chi connectivity index (χ3n) is 3.88. The first-order valence-electron chi connectivity index (χ1n) is 7.85. The lowest BCUT2D eigenvalue weighted by Crippen LogP contribution is -2.39. The number of amides is 1. The normalized spacial score (nSPS) is 11.7. The van der Waals surface area contributed by atoms with Crippen LogP contribution >= 0.6 is 22.6 Å². The summed E-state index contributed by atoms with van der Waals surface area (Å²) in [5, 5.41) is 1.41. The summed E-state index contributed by atoms with van der Waals surface area (Å²) in [7, 11) is 4.72. The van der Waals surface area contributed by atoms with E-state index in [1.165, 1.54) is 12.2 Å². The van der Waals surface area contributed by atoms with E-state index in [-0.39, 0.29) is 11.9 Å². The highest BCUT2D eigenvalue weighted by atomic mass is 127. The topological polar surface area (TPSA) is 48.0 Å². The smallest absolute Gasteiger partial charge is 0.278 e. The summed E-state index contributed by atoms with van der Waals surface area (Å²) in [6.07, 6.45) is 0.628. The Kier molecular flexibility index (Phi) is 7.07. The number of benzene rings is 2. The number of nitrogens with zero attached hydrogens (tertiary/aromatic N) is 1. The summed E-state index contributed by atoms with van der Waals surface area (Å²) in [6, 6.07) is 13.1. The van der Waals surface area contributed by atoms with Gasteiger partial charge in [0.15, 0.2) is 11.5 Å². The zero-order valence-corrected chi connectivity index (χ0v) is 16.9. The van der Waals surface area contributed by atoms with Crippen LogP contribution in [0.5, 0.6) is 11.5 Å². The number of carbonyl (C=O) groups excluding carboxylic acids is 1. The van der Waals surface area contributed by atoms with Gasteiger partial charge in [-0.3, -0.25) is 9.63 Å². The van der Waals surface area contributed by atoms with E-state index < -0.39 is 0 Å². The second kappa shape index (κ2) is 9.05. The minimum atomic E-state index is -0.152. The van der Waals surface area contributed by atoms with Crippen LogP contribution in [-0.4, -0.2) is 38.3 Å². The molecule has 0 bridgehead atoms. The van der Waals surface area contributed by atoms with Gasteiger partial charge in [0.25, 0.3) is 5.91 Å². The first kappa shape index (κ1) is 19.5. The first-order valence-corrected chi connectivity index (χ1v) is 8.92. The Morgan fingerprint density at radius 1 is 1.08 bits per heavy atom. The second-order valence-electron chi connectivity index (χ2n) is 5.54. The van der Waals surface area contributed by atoms with Crippen molar-refractivity contribution in [1.82, 2.24) is 5.06 Å². The molecule has 0 saturated heterocycles. The maximum absolute atomic E-state index is 12.8. The molecule has 0 N–H and O–H groups in total. The molecule has 0 heterocycles. The van der Waals surface area contributed by atoms with Gasteiger partial charge in [0.2, 0.25) is 0 Å². The quantitative estimate of drug-likeness (QED) is 0.469. The summed E-state index contributed by atoms with van der Waals surface area (Å²) in [6.45, 7) is 1.95. The van der Waals surface area contributed by atoms with Crippen LogP contribution in [0.2, 0.25) is 0 Å². The molecular weight excluding hydrogens is 433 g/mol. The predicted octanol–water partition coefficient (Wildman–Crippen LogP) is 3.94. The van der Waals surface area contributed by atoms with Crippen molar-refractivity contribution in [3.05, 3.63) is 57.2 Å². The third kappa shape index (κ3) is 4.64. The average molecular weight is 455 g/mol. The van der Waals surface area contributed by atoms with E-state index in [0.717, 1.165) is 9.13 Å². The van der Waals surface area contributed by atoms with Gasteiger partial charge in [-0.25, -0.2) is 5.06 Å². The second-order valence-corrected chi connectivity index (χ2v) is 6.70. The standard InChI is InChI=1S/C19H22INO4/c1-13(11-14-9-10-17(23-2)18(12-14)24-3)21(25-4)19(22)15-7-5-6-8-16(15)20/h5-10,12-13H,11H2,1-4H3/t13-/m0/s1. The van der Waals surface area contributed by atoms with Gasteiger partial charge >= 0.3 is 0 Å². The van der Waals surface area contributed by atoms with Gasteiger partial charge in [-0.05, 0) is 65.8 Å². The fourth-order valence-electron chi connectivity index (χ4n) is 2.65. The van der Waals surface area contributed by atoms with Gasteiger partial charge < -0.3 is 9.47 Å². The molecule has 2 aromatic rings. The van der Waals surface area contributed by atoms with Crippen LogP contribution in [-0.2, 0) is 11.3 Å². The van der Waals surface area contributed by atoms with Crippen molar-refractivity contribution in [2.24, 2.45) is 0 Å². The van der Waals surface area contributed by atoms with Gasteiger partial charge in [0, 0.05) is 3.57 Å². The van der Waals surface area contributed by atoms with Crippen molar-refractivity contribution < 1.29 is 19.1 Å². The lowest BCUT2D eigenvalue weighted by atomic mass is 10.1. The molecule has 0 aliphatic rings. The Balaban J connectivity index is 2.19. The van der Waals surface area contributed by atoms with Gasteiger partial charge in [0.05, 0.1) is 32.9 Å². The highest BCUT2D eigenvalue weighted by molar-refractivity contribution is 14.1. The molecule has 25 heavy (non-hydrogen) atoms. The molecule has 0 unspecified atom stereocenters. The Hall–Kier alpha value is -1.80. The van der Waals surface area contributed by atoms with Crippen molar-refractivity contribution in [3.8, 4) is 11.5 Å². The molecule has 0 fully saturated rings. The zero-order chi connectivity index (χ0) is 18.4. The molecule has 1 atom stereocenters. The van der Waals surface area contributed by atoms with E-state index in [0.29, 0.717) is 23.5 Å². The number of hydrogen-bond donors (Lipinski definition) is 0. The molecule has 0 radical (unpaired) electrons. The molecule has 0 spiro atoms. The summed E-state index contributed by atoms with van der Waals surface area (Å²) in [5.74, 6) is 1.19. The first-order chi connectivity index (χ1) is 12.0. The number of rotatable bonds is 7. The Morgan fingerprint density at radius 3 is 2.36 bits per heavy atom. The lowest BCUT2D eigenvalue weighted by molar-refractivity contribution is -0.119. The number of hydroxylamine groups is 2. The monoisotopic (exact) mass is 455 g/mol. The van der Waals surface area contributed by atoms with E-state index in [1.807, 2.05) is 43.3 Å². The van der Waals surface area contributed by atoms with E-state index >= 15 is 0 Å². The fourth-order valence-corrected chi connectivity index (χ4v) is 3.27. The Morgan fingerprint density at radius 2 is 1.76 bits per heavy atom. The zero-order valence-electron chi connectivity index (χ0n) is 14.8. The molecule has 0 aliphatic carbocycles. The number of carbonyl (C=O) groups is 1. The lowest BCUT2D eigenvalue weighted by Gasteiger charge is -2.27. The van der Waals surface area contributed by atoms with Gasteiger partial charge in [0.1, 0.15) is 0 Å². The van der Waals surface area contributed by atoms with Crippen molar-refractivity contribution in [2.45, 2.75) is 19.4 Å². The van der Waals surface area contributed by atoms with Crippen LogP contribution in [0.3, 0.4) is 0 Å². The summed E-state index contributed by atoms with van der Waals surface area (Å²) >= 11 is 2.16.